The summed E-state index contributed by atoms with van der Waals surface area (Å²) in [5.74, 6) is -0.860. The van der Waals surface area contributed by atoms with Crippen LogP contribution in [0.15, 0.2) is 66.0 Å². The van der Waals surface area contributed by atoms with Gasteiger partial charge in [0.2, 0.25) is 5.91 Å². The summed E-state index contributed by atoms with van der Waals surface area (Å²) in [5.41, 5.74) is 0.777. The molecule has 9 heteroatoms. The summed E-state index contributed by atoms with van der Waals surface area (Å²) in [4.78, 5) is 42.6. The van der Waals surface area contributed by atoms with Crippen molar-refractivity contribution in [3.63, 3.8) is 0 Å². The van der Waals surface area contributed by atoms with Gasteiger partial charge in [-0.25, -0.2) is 14.1 Å². The Morgan fingerprint density at radius 2 is 1.91 bits per heavy atom. The van der Waals surface area contributed by atoms with Gasteiger partial charge < -0.3 is 15.0 Å². The van der Waals surface area contributed by atoms with E-state index >= 15 is 0 Å². The van der Waals surface area contributed by atoms with Gasteiger partial charge in [0.05, 0.1) is 25.8 Å². The summed E-state index contributed by atoms with van der Waals surface area (Å²) in [6, 6.07) is 14.2. The maximum atomic E-state index is 13.3. The Bertz CT molecular complexity index is 1130. The van der Waals surface area contributed by atoms with Crippen LogP contribution >= 0.6 is 11.3 Å². The molecule has 1 aliphatic heterocycles. The van der Waals surface area contributed by atoms with Crippen molar-refractivity contribution in [2.75, 3.05) is 17.3 Å². The molecule has 0 unspecified atom stereocenters. The van der Waals surface area contributed by atoms with Crippen molar-refractivity contribution in [1.29, 1.82) is 0 Å². The first-order valence-corrected chi connectivity index (χ1v) is 10.7. The standard InChI is InChI=1S/C23H20FN3O4S/c1-31-18-5-2-4-17(12-18)27-22(29)20(26(23(27)30)14-19-6-3-11-32-19)13-21(28)25-16-9-7-15(24)8-10-16/h2-12,20H,13-14H2,1H3,(H,25,28)/t20-/m1/s1. The van der Waals surface area contributed by atoms with Crippen molar-refractivity contribution in [3.8, 4) is 5.75 Å². The Balaban J connectivity index is 1.59. The highest BCUT2D eigenvalue weighted by atomic mass is 32.1. The van der Waals surface area contributed by atoms with E-state index in [1.165, 1.54) is 47.6 Å². The van der Waals surface area contributed by atoms with Gasteiger partial charge in [-0.05, 0) is 47.8 Å². The predicted molar refractivity (Wildman–Crippen MR) is 119 cm³/mol. The third-order valence-corrected chi connectivity index (χ3v) is 5.90. The molecular formula is C23H20FN3O4S. The molecule has 0 radical (unpaired) electrons. The molecule has 2 aromatic carbocycles. The van der Waals surface area contributed by atoms with Gasteiger partial charge >= 0.3 is 6.03 Å². The molecule has 7 nitrogen and oxygen atoms in total. The van der Waals surface area contributed by atoms with E-state index in [0.717, 1.165) is 9.78 Å². The fraction of sp³-hybridized carbons (Fsp3) is 0.174. The zero-order valence-corrected chi connectivity index (χ0v) is 18.0. The van der Waals surface area contributed by atoms with Gasteiger partial charge in [0.1, 0.15) is 17.6 Å². The molecule has 3 aromatic rings. The van der Waals surface area contributed by atoms with Crippen LogP contribution < -0.4 is 15.0 Å². The molecule has 0 bridgehead atoms. The molecule has 1 aromatic heterocycles. The predicted octanol–water partition coefficient (Wildman–Crippen LogP) is 4.26. The Morgan fingerprint density at radius 3 is 2.59 bits per heavy atom. The van der Waals surface area contributed by atoms with E-state index < -0.39 is 29.7 Å². The second kappa shape index (κ2) is 9.19. The quantitative estimate of drug-likeness (QED) is 0.542. The number of hydrogen-bond donors (Lipinski definition) is 1. The van der Waals surface area contributed by atoms with Crippen molar-refractivity contribution >= 4 is 40.6 Å². The van der Waals surface area contributed by atoms with Gasteiger partial charge in [0, 0.05) is 16.6 Å². The number of hydrogen-bond acceptors (Lipinski definition) is 5. The SMILES string of the molecule is COc1cccc(N2C(=O)[C@@H](CC(=O)Nc3ccc(F)cc3)N(Cc3cccs3)C2=O)c1. The average Bonchev–Trinajstić information content (AvgIpc) is 3.38. The molecule has 1 atom stereocenters. The summed E-state index contributed by atoms with van der Waals surface area (Å²) in [6.07, 6.45) is -0.228. The number of anilines is 2. The van der Waals surface area contributed by atoms with Crippen LogP contribution in [0.3, 0.4) is 0 Å². The number of thiophene rings is 1. The van der Waals surface area contributed by atoms with E-state index in [9.17, 15) is 18.8 Å². The number of methoxy groups -OCH3 is 1. The van der Waals surface area contributed by atoms with Crippen molar-refractivity contribution in [2.45, 2.75) is 19.0 Å². The lowest BCUT2D eigenvalue weighted by atomic mass is 10.1. The lowest BCUT2D eigenvalue weighted by Crippen LogP contribution is -2.37. The molecule has 1 saturated heterocycles. The zero-order chi connectivity index (χ0) is 22.7. The lowest BCUT2D eigenvalue weighted by Gasteiger charge is -2.21. The van der Waals surface area contributed by atoms with Gasteiger partial charge in [-0.2, -0.15) is 0 Å². The van der Waals surface area contributed by atoms with Crippen molar-refractivity contribution in [1.82, 2.24) is 4.90 Å². The third kappa shape index (κ3) is 4.47. The van der Waals surface area contributed by atoms with E-state index in [2.05, 4.69) is 5.32 Å². The number of urea groups is 1. The summed E-state index contributed by atoms with van der Waals surface area (Å²) in [5, 5.41) is 4.53. The number of nitrogens with zero attached hydrogens (tertiary/aromatic N) is 2. The number of carbonyl (C=O) groups excluding carboxylic acids is 3. The minimum Gasteiger partial charge on any atom is -0.497 e. The Morgan fingerprint density at radius 1 is 1.12 bits per heavy atom. The Kier molecular flexibility index (Phi) is 6.18. The molecule has 32 heavy (non-hydrogen) atoms. The van der Waals surface area contributed by atoms with Gasteiger partial charge in [0.15, 0.2) is 0 Å². The Labute approximate surface area is 188 Å². The van der Waals surface area contributed by atoms with Crippen molar-refractivity contribution in [3.05, 3.63) is 76.7 Å². The number of carbonyl (C=O) groups is 3. The lowest BCUT2D eigenvalue weighted by molar-refractivity contribution is -0.124. The molecule has 2 heterocycles. The minimum atomic E-state index is -0.976. The van der Waals surface area contributed by atoms with E-state index in [1.54, 1.807) is 24.3 Å². The van der Waals surface area contributed by atoms with Gasteiger partial charge in [-0.15, -0.1) is 11.3 Å². The van der Waals surface area contributed by atoms with E-state index in [4.69, 9.17) is 4.74 Å². The normalized spacial score (nSPS) is 15.9. The molecule has 4 amide bonds. The topological polar surface area (TPSA) is 79.0 Å². The molecule has 1 fully saturated rings. The second-order valence-electron chi connectivity index (χ2n) is 7.14. The monoisotopic (exact) mass is 453 g/mol. The van der Waals surface area contributed by atoms with Gasteiger partial charge in [0.25, 0.3) is 5.91 Å². The molecule has 1 N–H and O–H groups in total. The highest BCUT2D eigenvalue weighted by molar-refractivity contribution is 7.09. The molecule has 164 valence electrons. The van der Waals surface area contributed by atoms with Crippen LogP contribution in [0.5, 0.6) is 5.75 Å². The van der Waals surface area contributed by atoms with E-state index in [-0.39, 0.29) is 13.0 Å². The minimum absolute atomic E-state index is 0.206. The van der Waals surface area contributed by atoms with Crippen LogP contribution in [-0.4, -0.2) is 35.9 Å². The highest BCUT2D eigenvalue weighted by Crippen LogP contribution is 2.31. The fourth-order valence-corrected chi connectivity index (χ4v) is 4.19. The van der Waals surface area contributed by atoms with Crippen LogP contribution in [0.25, 0.3) is 0 Å². The number of ether oxygens (including phenoxy) is 1. The van der Waals surface area contributed by atoms with Crippen LogP contribution in [0.4, 0.5) is 20.6 Å². The molecule has 0 spiro atoms. The zero-order valence-electron chi connectivity index (χ0n) is 17.2. The first kappa shape index (κ1) is 21.5. The summed E-state index contributed by atoms with van der Waals surface area (Å²) < 4.78 is 18.3. The maximum Gasteiger partial charge on any atom is 0.332 e. The van der Waals surface area contributed by atoms with Crippen LogP contribution in [0.2, 0.25) is 0 Å². The summed E-state index contributed by atoms with van der Waals surface area (Å²) >= 11 is 1.46. The smallest absolute Gasteiger partial charge is 0.332 e. The maximum absolute atomic E-state index is 13.3. The van der Waals surface area contributed by atoms with Gasteiger partial charge in [-0.1, -0.05) is 12.1 Å². The molecule has 0 aliphatic carbocycles. The first-order valence-electron chi connectivity index (χ1n) is 9.82. The molecule has 1 aliphatic rings. The number of benzene rings is 2. The summed E-state index contributed by atoms with van der Waals surface area (Å²) in [6.45, 7) is 0.206. The molecule has 4 rings (SSSR count). The largest absolute Gasteiger partial charge is 0.497 e. The van der Waals surface area contributed by atoms with E-state index in [0.29, 0.717) is 17.1 Å². The molecule has 0 saturated carbocycles. The van der Waals surface area contributed by atoms with Crippen LogP contribution in [0.1, 0.15) is 11.3 Å². The van der Waals surface area contributed by atoms with Crippen LogP contribution in [-0.2, 0) is 16.1 Å². The highest BCUT2D eigenvalue weighted by Gasteiger charge is 2.46. The second-order valence-corrected chi connectivity index (χ2v) is 8.17. The summed E-state index contributed by atoms with van der Waals surface area (Å²) in [7, 11) is 1.50. The number of rotatable bonds is 7. The fourth-order valence-electron chi connectivity index (χ4n) is 3.49. The first-order chi connectivity index (χ1) is 15.5. The van der Waals surface area contributed by atoms with Crippen molar-refractivity contribution in [2.24, 2.45) is 0 Å². The average molecular weight is 453 g/mol. The van der Waals surface area contributed by atoms with Gasteiger partial charge in [-0.3, -0.25) is 9.59 Å². The number of halogens is 1. The third-order valence-electron chi connectivity index (χ3n) is 5.04. The number of nitrogens with one attached hydrogen (secondary N) is 1. The number of imide groups is 1. The van der Waals surface area contributed by atoms with E-state index in [1.807, 2.05) is 17.5 Å². The van der Waals surface area contributed by atoms with Crippen molar-refractivity contribution < 1.29 is 23.5 Å². The Hall–Kier alpha value is -3.72. The molecular weight excluding hydrogens is 433 g/mol. The number of amides is 4. The van der Waals surface area contributed by atoms with Crippen LogP contribution in [0, 0.1) is 5.82 Å².